The number of ether oxygens (including phenoxy) is 1. The second-order valence-electron chi connectivity index (χ2n) is 8.72. The lowest BCUT2D eigenvalue weighted by molar-refractivity contribution is 0.129. The number of nitrogens with one attached hydrogen (secondary N) is 2. The van der Waals surface area contributed by atoms with Crippen LogP contribution in [-0.4, -0.2) is 47.0 Å². The van der Waals surface area contributed by atoms with Gasteiger partial charge in [0.2, 0.25) is 11.9 Å². The summed E-state index contributed by atoms with van der Waals surface area (Å²) in [7, 11) is 0. The Morgan fingerprint density at radius 3 is 2.46 bits per heavy atom. The minimum Gasteiger partial charge on any atom is -0.381 e. The number of anilines is 2. The third kappa shape index (κ3) is 8.11. The fraction of sp³-hybridized carbons (Fsp3) is 0.857. The first-order chi connectivity index (χ1) is 13.4. The Hall–Kier alpha value is -1.08. The van der Waals surface area contributed by atoms with Crippen molar-refractivity contribution in [2.75, 3.05) is 36.6 Å². The van der Waals surface area contributed by atoms with E-state index < -0.39 is 0 Å². The zero-order valence-corrected chi connectivity index (χ0v) is 19.2. The van der Waals surface area contributed by atoms with Crippen LogP contribution in [0.5, 0.6) is 0 Å². The van der Waals surface area contributed by atoms with Gasteiger partial charge in [0.05, 0.1) is 0 Å². The van der Waals surface area contributed by atoms with E-state index in [9.17, 15) is 0 Å². The first kappa shape index (κ1) is 23.2. The van der Waals surface area contributed by atoms with E-state index in [0.717, 1.165) is 44.2 Å². The first-order valence-corrected chi connectivity index (χ1v) is 12.0. The smallest absolute Gasteiger partial charge is 0.228 e. The van der Waals surface area contributed by atoms with Crippen molar-refractivity contribution in [2.45, 2.75) is 83.8 Å². The van der Waals surface area contributed by atoms with Crippen LogP contribution in [0, 0.1) is 11.3 Å². The van der Waals surface area contributed by atoms with E-state index in [1.54, 1.807) is 11.8 Å². The van der Waals surface area contributed by atoms with Gasteiger partial charge in [-0.1, -0.05) is 58.7 Å². The highest BCUT2D eigenvalue weighted by atomic mass is 32.2. The molecule has 0 amide bonds. The molecule has 2 rings (SSSR count). The molecule has 0 bridgehead atoms. The molecule has 0 aliphatic heterocycles. The van der Waals surface area contributed by atoms with Gasteiger partial charge in [-0.15, -0.1) is 0 Å². The summed E-state index contributed by atoms with van der Waals surface area (Å²) >= 11 is 1.55. The zero-order valence-electron chi connectivity index (χ0n) is 18.4. The molecule has 6 nitrogen and oxygen atoms in total. The molecule has 1 aromatic rings. The van der Waals surface area contributed by atoms with Crippen LogP contribution in [0.1, 0.15) is 72.6 Å². The van der Waals surface area contributed by atoms with Crippen molar-refractivity contribution in [2.24, 2.45) is 11.3 Å². The quantitative estimate of drug-likeness (QED) is 0.341. The predicted octanol–water partition coefficient (Wildman–Crippen LogP) is 5.23. The minimum absolute atomic E-state index is 0.379. The number of thioether (sulfide) groups is 1. The summed E-state index contributed by atoms with van der Waals surface area (Å²) in [5.41, 5.74) is 0.379. The molecular weight excluding hydrogens is 370 g/mol. The Kier molecular flexibility index (Phi) is 9.79. The lowest BCUT2D eigenvalue weighted by atomic mass is 9.91. The van der Waals surface area contributed by atoms with Gasteiger partial charge < -0.3 is 15.4 Å². The number of unbranched alkanes of at least 4 members (excludes halogenated alkanes) is 3. The lowest BCUT2D eigenvalue weighted by Gasteiger charge is -2.19. The summed E-state index contributed by atoms with van der Waals surface area (Å²) in [6.45, 7) is 11.7. The molecule has 1 heterocycles. The fourth-order valence-corrected chi connectivity index (χ4v) is 4.31. The largest absolute Gasteiger partial charge is 0.381 e. The van der Waals surface area contributed by atoms with Crippen molar-refractivity contribution in [1.82, 2.24) is 15.0 Å². The zero-order chi connectivity index (χ0) is 20.4. The van der Waals surface area contributed by atoms with E-state index in [0.29, 0.717) is 29.3 Å². The summed E-state index contributed by atoms with van der Waals surface area (Å²) in [4.78, 5) is 13.6. The average molecular weight is 410 g/mol. The van der Waals surface area contributed by atoms with Gasteiger partial charge >= 0.3 is 0 Å². The second kappa shape index (κ2) is 11.8. The fourth-order valence-electron chi connectivity index (χ4n) is 3.95. The molecule has 28 heavy (non-hydrogen) atoms. The summed E-state index contributed by atoms with van der Waals surface area (Å²) < 4.78 is 5.70. The van der Waals surface area contributed by atoms with E-state index >= 15 is 0 Å². The van der Waals surface area contributed by atoms with E-state index in [1.165, 1.54) is 25.7 Å². The number of nitrogens with zero attached hydrogens (tertiary/aromatic N) is 3. The maximum Gasteiger partial charge on any atom is 0.228 e. The molecule has 0 spiro atoms. The average Bonchev–Trinajstić information content (AvgIpc) is 2.91. The first-order valence-electron chi connectivity index (χ1n) is 10.8. The van der Waals surface area contributed by atoms with Crippen molar-refractivity contribution in [3.63, 3.8) is 0 Å². The number of hydrogen-bond donors (Lipinski definition) is 2. The standard InChI is InChI=1S/C21H39N5OS/c1-6-7-8-9-12-27-13-10-11-22-18-24-19(26-20(25-18)28-5)23-17-15-21(3,4)14-16(17)2/h16-17H,6-15H2,1-5H3,(H2,22,23,24,25,26). The van der Waals surface area contributed by atoms with E-state index in [-0.39, 0.29) is 0 Å². The summed E-state index contributed by atoms with van der Waals surface area (Å²) in [6, 6.07) is 0.418. The highest BCUT2D eigenvalue weighted by Crippen LogP contribution is 2.41. The molecule has 1 aliphatic rings. The van der Waals surface area contributed by atoms with Gasteiger partial charge in [0.15, 0.2) is 5.16 Å². The van der Waals surface area contributed by atoms with Gasteiger partial charge in [0.1, 0.15) is 0 Å². The van der Waals surface area contributed by atoms with Gasteiger partial charge in [0.25, 0.3) is 0 Å². The SMILES string of the molecule is CCCCCCOCCCNc1nc(NC2CC(C)(C)CC2C)nc(SC)n1. The molecule has 160 valence electrons. The van der Waals surface area contributed by atoms with Gasteiger partial charge in [-0.05, 0) is 43.3 Å². The van der Waals surface area contributed by atoms with Crippen LogP contribution in [0.15, 0.2) is 5.16 Å². The second-order valence-corrected chi connectivity index (χ2v) is 9.50. The molecule has 1 fully saturated rings. The van der Waals surface area contributed by atoms with Crippen molar-refractivity contribution in [3.05, 3.63) is 0 Å². The molecule has 1 aliphatic carbocycles. The Morgan fingerprint density at radius 1 is 1.04 bits per heavy atom. The molecule has 0 radical (unpaired) electrons. The van der Waals surface area contributed by atoms with Gasteiger partial charge in [-0.3, -0.25) is 0 Å². The lowest BCUT2D eigenvalue weighted by Crippen LogP contribution is -2.24. The monoisotopic (exact) mass is 409 g/mol. The van der Waals surface area contributed by atoms with Crippen LogP contribution < -0.4 is 10.6 Å². The molecule has 0 aromatic carbocycles. The molecule has 2 unspecified atom stereocenters. The Balaban J connectivity index is 1.77. The number of rotatable bonds is 13. The van der Waals surface area contributed by atoms with Crippen LogP contribution in [0.25, 0.3) is 0 Å². The molecule has 2 N–H and O–H groups in total. The van der Waals surface area contributed by atoms with Crippen molar-refractivity contribution in [3.8, 4) is 0 Å². The van der Waals surface area contributed by atoms with Crippen LogP contribution in [0.4, 0.5) is 11.9 Å². The van der Waals surface area contributed by atoms with Crippen molar-refractivity contribution < 1.29 is 4.74 Å². The minimum atomic E-state index is 0.379. The van der Waals surface area contributed by atoms with Crippen LogP contribution >= 0.6 is 11.8 Å². The van der Waals surface area contributed by atoms with Crippen molar-refractivity contribution in [1.29, 1.82) is 0 Å². The number of hydrogen-bond acceptors (Lipinski definition) is 7. The normalized spacial score (nSPS) is 21.0. The maximum atomic E-state index is 5.70. The Bertz CT molecular complexity index is 584. The molecular formula is C21H39N5OS. The third-order valence-corrected chi connectivity index (χ3v) is 5.88. The third-order valence-electron chi connectivity index (χ3n) is 5.34. The Labute approximate surface area is 175 Å². The molecule has 1 aromatic heterocycles. The van der Waals surface area contributed by atoms with Gasteiger partial charge in [-0.2, -0.15) is 15.0 Å². The van der Waals surface area contributed by atoms with Crippen molar-refractivity contribution >= 4 is 23.7 Å². The van der Waals surface area contributed by atoms with Crippen LogP contribution in [0.3, 0.4) is 0 Å². The van der Waals surface area contributed by atoms with E-state index in [4.69, 9.17) is 4.74 Å². The van der Waals surface area contributed by atoms with Gasteiger partial charge in [0, 0.05) is 25.8 Å². The van der Waals surface area contributed by atoms with Gasteiger partial charge in [-0.25, -0.2) is 0 Å². The molecule has 2 atom stereocenters. The molecule has 1 saturated carbocycles. The topological polar surface area (TPSA) is 72.0 Å². The maximum absolute atomic E-state index is 5.70. The molecule has 7 heteroatoms. The van der Waals surface area contributed by atoms with E-state index in [2.05, 4.69) is 53.3 Å². The summed E-state index contributed by atoms with van der Waals surface area (Å²) in [5.74, 6) is 1.95. The Morgan fingerprint density at radius 2 is 1.79 bits per heavy atom. The predicted molar refractivity (Wildman–Crippen MR) is 119 cm³/mol. The van der Waals surface area contributed by atoms with Crippen LogP contribution in [0.2, 0.25) is 0 Å². The van der Waals surface area contributed by atoms with Crippen LogP contribution in [-0.2, 0) is 4.74 Å². The summed E-state index contributed by atoms with van der Waals surface area (Å²) in [5, 5.41) is 7.63. The highest BCUT2D eigenvalue weighted by Gasteiger charge is 2.37. The highest BCUT2D eigenvalue weighted by molar-refractivity contribution is 7.98. The summed E-state index contributed by atoms with van der Waals surface area (Å²) in [6.07, 6.45) is 10.3. The van der Waals surface area contributed by atoms with E-state index in [1.807, 2.05) is 6.26 Å². The number of aromatic nitrogens is 3. The molecule has 0 saturated heterocycles.